The fourth-order valence-corrected chi connectivity index (χ4v) is 5.81. The summed E-state index contributed by atoms with van der Waals surface area (Å²) in [6.45, 7) is 2.78. The number of nitrogens with zero attached hydrogens (tertiary/aromatic N) is 2. The molecular weight excluding hydrogens is 466 g/mol. The van der Waals surface area contributed by atoms with Crippen molar-refractivity contribution in [1.29, 1.82) is 0 Å². The highest BCUT2D eigenvalue weighted by molar-refractivity contribution is 5.97. The minimum atomic E-state index is -0.609. The standard InChI is InChI=1S/C30H29N3O4/c1-3-37-26-15-9-6-12-21(26)29-28-22(20-11-5-7-13-23(20)31-28)16-24-30(35)32(18-27(34)33(24)29)17-19-10-4-8-14-25(19)36-2/h4-15,24,29,31H,3,16-18H2,1-2H3. The van der Waals surface area contributed by atoms with Gasteiger partial charge in [0.15, 0.2) is 0 Å². The summed E-state index contributed by atoms with van der Waals surface area (Å²) in [5.74, 6) is 1.29. The van der Waals surface area contributed by atoms with Gasteiger partial charge in [0.2, 0.25) is 11.8 Å². The van der Waals surface area contributed by atoms with Crippen LogP contribution in [0, 0.1) is 0 Å². The molecule has 3 aromatic carbocycles. The molecule has 2 aliphatic heterocycles. The summed E-state index contributed by atoms with van der Waals surface area (Å²) in [7, 11) is 1.61. The molecule has 1 N–H and O–H groups in total. The van der Waals surface area contributed by atoms with E-state index in [-0.39, 0.29) is 18.4 Å². The Labute approximate surface area is 215 Å². The predicted octanol–water partition coefficient (Wildman–Crippen LogP) is 4.46. The van der Waals surface area contributed by atoms with Gasteiger partial charge < -0.3 is 24.3 Å². The highest BCUT2D eigenvalue weighted by Gasteiger charge is 2.48. The number of amides is 2. The quantitative estimate of drug-likeness (QED) is 0.429. The van der Waals surface area contributed by atoms with E-state index in [0.717, 1.165) is 39.0 Å². The third-order valence-electron chi connectivity index (χ3n) is 7.41. The van der Waals surface area contributed by atoms with Gasteiger partial charge in [0.05, 0.1) is 13.7 Å². The van der Waals surface area contributed by atoms with Crippen molar-refractivity contribution >= 4 is 22.7 Å². The molecule has 7 heteroatoms. The number of benzene rings is 3. The first-order chi connectivity index (χ1) is 18.1. The van der Waals surface area contributed by atoms with Crippen LogP contribution in [0.15, 0.2) is 72.8 Å². The number of hydrogen-bond donors (Lipinski definition) is 1. The Hall–Kier alpha value is -4.26. The van der Waals surface area contributed by atoms with Gasteiger partial charge >= 0.3 is 0 Å². The largest absolute Gasteiger partial charge is 0.496 e. The average molecular weight is 496 g/mol. The number of hydrogen-bond acceptors (Lipinski definition) is 4. The van der Waals surface area contributed by atoms with Gasteiger partial charge in [-0.1, -0.05) is 54.6 Å². The normalized spacial score (nSPS) is 19.1. The molecule has 188 valence electrons. The number of para-hydroxylation sites is 3. The van der Waals surface area contributed by atoms with Crippen LogP contribution in [0.2, 0.25) is 0 Å². The highest BCUT2D eigenvalue weighted by Crippen LogP contribution is 2.45. The Morgan fingerprint density at radius 1 is 0.946 bits per heavy atom. The molecule has 0 bridgehead atoms. The lowest BCUT2D eigenvalue weighted by Gasteiger charge is -2.47. The van der Waals surface area contributed by atoms with E-state index < -0.39 is 12.1 Å². The number of nitrogens with one attached hydrogen (secondary N) is 1. The van der Waals surface area contributed by atoms with Crippen LogP contribution in [0.4, 0.5) is 0 Å². The molecule has 0 saturated carbocycles. The lowest BCUT2D eigenvalue weighted by molar-refractivity contribution is -0.159. The molecule has 37 heavy (non-hydrogen) atoms. The van der Waals surface area contributed by atoms with E-state index in [4.69, 9.17) is 9.47 Å². The number of fused-ring (bicyclic) bond motifs is 4. The Bertz CT molecular complexity index is 1490. The van der Waals surface area contributed by atoms with E-state index in [9.17, 15) is 9.59 Å². The van der Waals surface area contributed by atoms with Gasteiger partial charge in [0.25, 0.3) is 0 Å². The molecule has 2 unspecified atom stereocenters. The second-order valence-electron chi connectivity index (χ2n) is 9.46. The van der Waals surface area contributed by atoms with E-state index in [0.29, 0.717) is 25.3 Å². The third kappa shape index (κ3) is 3.82. The van der Waals surface area contributed by atoms with E-state index in [1.165, 1.54) is 0 Å². The number of H-pyrrole nitrogens is 1. The SMILES string of the molecule is CCOc1ccccc1C1c2[nH]c3ccccc3c2CC2C(=O)N(Cc3ccccc3OC)CC(=O)N21. The van der Waals surface area contributed by atoms with Crippen LogP contribution in [-0.4, -0.2) is 52.9 Å². The maximum Gasteiger partial charge on any atom is 0.246 e. The average Bonchev–Trinajstić information content (AvgIpc) is 3.30. The van der Waals surface area contributed by atoms with Gasteiger partial charge in [0.1, 0.15) is 30.1 Å². The van der Waals surface area contributed by atoms with Gasteiger partial charge in [0, 0.05) is 40.7 Å². The molecule has 0 radical (unpaired) electrons. The van der Waals surface area contributed by atoms with Crippen LogP contribution in [0.3, 0.4) is 0 Å². The Kier molecular flexibility index (Phi) is 5.83. The number of methoxy groups -OCH3 is 1. The molecule has 7 nitrogen and oxygen atoms in total. The van der Waals surface area contributed by atoms with E-state index in [1.807, 2.05) is 73.7 Å². The van der Waals surface area contributed by atoms with Crippen LogP contribution in [0.1, 0.15) is 35.3 Å². The number of carbonyl (C=O) groups excluding carboxylic acids is 2. The minimum Gasteiger partial charge on any atom is -0.496 e. The Balaban J connectivity index is 1.46. The minimum absolute atomic E-state index is 0.0102. The summed E-state index contributed by atoms with van der Waals surface area (Å²) in [6, 6.07) is 22.5. The fourth-order valence-electron chi connectivity index (χ4n) is 5.81. The zero-order valence-corrected chi connectivity index (χ0v) is 20.9. The van der Waals surface area contributed by atoms with Gasteiger partial charge in [-0.15, -0.1) is 0 Å². The fraction of sp³-hybridized carbons (Fsp3) is 0.267. The summed E-state index contributed by atoms with van der Waals surface area (Å²) >= 11 is 0. The molecule has 6 rings (SSSR count). The smallest absolute Gasteiger partial charge is 0.246 e. The first-order valence-electron chi connectivity index (χ1n) is 12.6. The number of piperazine rings is 1. The summed E-state index contributed by atoms with van der Waals surface area (Å²) in [5.41, 5.74) is 4.78. The van der Waals surface area contributed by atoms with Crippen molar-refractivity contribution in [2.75, 3.05) is 20.3 Å². The first kappa shape index (κ1) is 23.2. The van der Waals surface area contributed by atoms with Gasteiger partial charge in [-0.3, -0.25) is 9.59 Å². The number of rotatable bonds is 6. The van der Waals surface area contributed by atoms with Crippen molar-refractivity contribution < 1.29 is 19.1 Å². The summed E-state index contributed by atoms with van der Waals surface area (Å²) in [5, 5.41) is 1.08. The van der Waals surface area contributed by atoms with Crippen molar-refractivity contribution in [3.63, 3.8) is 0 Å². The zero-order valence-electron chi connectivity index (χ0n) is 20.9. The summed E-state index contributed by atoms with van der Waals surface area (Å²) in [4.78, 5) is 34.9. The molecule has 2 atom stereocenters. The van der Waals surface area contributed by atoms with Crippen LogP contribution >= 0.6 is 0 Å². The molecule has 1 saturated heterocycles. The molecule has 1 fully saturated rings. The van der Waals surface area contributed by atoms with Crippen LogP contribution in [0.5, 0.6) is 11.5 Å². The molecule has 2 aliphatic rings. The van der Waals surface area contributed by atoms with Crippen LogP contribution in [-0.2, 0) is 22.6 Å². The molecule has 0 aliphatic carbocycles. The zero-order chi connectivity index (χ0) is 25.5. The number of carbonyl (C=O) groups is 2. The highest BCUT2D eigenvalue weighted by atomic mass is 16.5. The van der Waals surface area contributed by atoms with Crippen molar-refractivity contribution in [1.82, 2.24) is 14.8 Å². The second-order valence-corrected chi connectivity index (χ2v) is 9.46. The predicted molar refractivity (Wildman–Crippen MR) is 141 cm³/mol. The monoisotopic (exact) mass is 495 g/mol. The van der Waals surface area contributed by atoms with Gasteiger partial charge in [-0.2, -0.15) is 0 Å². The molecule has 2 amide bonds. The van der Waals surface area contributed by atoms with Crippen LogP contribution in [0.25, 0.3) is 10.9 Å². The lowest BCUT2D eigenvalue weighted by Crippen LogP contribution is -2.62. The number of aromatic nitrogens is 1. The van der Waals surface area contributed by atoms with Gasteiger partial charge in [-0.25, -0.2) is 0 Å². The Morgan fingerprint density at radius 3 is 2.49 bits per heavy atom. The first-order valence-corrected chi connectivity index (χ1v) is 12.6. The van der Waals surface area contributed by atoms with Crippen molar-refractivity contribution in [2.24, 2.45) is 0 Å². The van der Waals surface area contributed by atoms with E-state index >= 15 is 0 Å². The molecule has 3 heterocycles. The maximum atomic E-state index is 14.0. The van der Waals surface area contributed by atoms with Crippen molar-refractivity contribution in [3.8, 4) is 11.5 Å². The Morgan fingerprint density at radius 2 is 1.68 bits per heavy atom. The third-order valence-corrected chi connectivity index (χ3v) is 7.41. The summed E-state index contributed by atoms with van der Waals surface area (Å²) < 4.78 is 11.5. The topological polar surface area (TPSA) is 74.9 Å². The molecule has 1 aromatic heterocycles. The van der Waals surface area contributed by atoms with Crippen LogP contribution < -0.4 is 9.47 Å². The molecule has 0 spiro atoms. The molecule has 4 aromatic rings. The number of aromatic amines is 1. The number of ether oxygens (including phenoxy) is 2. The van der Waals surface area contributed by atoms with Gasteiger partial charge in [-0.05, 0) is 30.7 Å². The second kappa shape index (κ2) is 9.32. The van der Waals surface area contributed by atoms with Crippen molar-refractivity contribution in [2.45, 2.75) is 32.0 Å². The summed E-state index contributed by atoms with van der Waals surface area (Å²) in [6.07, 6.45) is 0.458. The lowest BCUT2D eigenvalue weighted by atomic mass is 9.85. The van der Waals surface area contributed by atoms with E-state index in [1.54, 1.807) is 16.9 Å². The van der Waals surface area contributed by atoms with Crippen molar-refractivity contribution in [3.05, 3.63) is 95.2 Å². The van der Waals surface area contributed by atoms with E-state index in [2.05, 4.69) is 11.1 Å². The maximum absolute atomic E-state index is 14.0. The molecular formula is C30H29N3O4.